The van der Waals surface area contributed by atoms with Crippen LogP contribution in [0.15, 0.2) is 30.3 Å². The lowest BCUT2D eigenvalue weighted by Gasteiger charge is -2.15. The largest absolute Gasteiger partial charge is 0.328 e. The van der Waals surface area contributed by atoms with Crippen LogP contribution in [0.3, 0.4) is 0 Å². The first-order valence-corrected chi connectivity index (χ1v) is 7.25. The lowest BCUT2D eigenvalue weighted by Crippen LogP contribution is -2.28. The topological polar surface area (TPSA) is 32.3 Å². The van der Waals surface area contributed by atoms with E-state index >= 15 is 0 Å². The summed E-state index contributed by atoms with van der Waals surface area (Å²) in [4.78, 5) is 14.2. The van der Waals surface area contributed by atoms with Crippen LogP contribution in [0, 0.1) is 5.92 Å². The number of benzene rings is 1. The van der Waals surface area contributed by atoms with E-state index in [1.165, 1.54) is 12.8 Å². The molecule has 1 amide bonds. The second-order valence-electron chi connectivity index (χ2n) is 5.70. The maximum Gasteiger partial charge on any atom is 0.245 e. The van der Waals surface area contributed by atoms with Gasteiger partial charge in [-0.15, -0.1) is 0 Å². The van der Waals surface area contributed by atoms with E-state index in [4.69, 9.17) is 0 Å². The molecule has 0 saturated carbocycles. The Bertz CT molecular complexity index is 402. The van der Waals surface area contributed by atoms with Crippen molar-refractivity contribution in [1.82, 2.24) is 10.2 Å². The summed E-state index contributed by atoms with van der Waals surface area (Å²) >= 11 is 0. The van der Waals surface area contributed by atoms with E-state index in [2.05, 4.69) is 19.2 Å². The number of nitrogens with one attached hydrogen (secondary N) is 1. The van der Waals surface area contributed by atoms with Gasteiger partial charge in [0, 0.05) is 6.54 Å². The molecule has 3 nitrogen and oxygen atoms in total. The molecule has 0 bridgehead atoms. The quantitative estimate of drug-likeness (QED) is 0.798. The van der Waals surface area contributed by atoms with Crippen LogP contribution < -0.4 is 5.32 Å². The van der Waals surface area contributed by atoms with Crippen molar-refractivity contribution < 1.29 is 4.79 Å². The van der Waals surface area contributed by atoms with Crippen molar-refractivity contribution in [3.05, 3.63) is 35.9 Å². The third-order valence-electron chi connectivity index (χ3n) is 3.64. The Morgan fingerprint density at radius 1 is 1.26 bits per heavy atom. The van der Waals surface area contributed by atoms with E-state index in [1.54, 1.807) is 0 Å². The van der Waals surface area contributed by atoms with Crippen molar-refractivity contribution >= 4 is 5.91 Å². The standard InChI is InChI=1S/C16H24N2O/c1-13(2)8-6-7-11-18-12-17-15(16(18)19)14-9-4-3-5-10-14/h3-5,9-10,13,15,17H,6-8,11-12H2,1-2H3. The highest BCUT2D eigenvalue weighted by Gasteiger charge is 2.31. The van der Waals surface area contributed by atoms with Gasteiger partial charge in [-0.25, -0.2) is 0 Å². The van der Waals surface area contributed by atoms with Crippen LogP contribution in [0.5, 0.6) is 0 Å². The molecule has 104 valence electrons. The third kappa shape index (κ3) is 3.80. The summed E-state index contributed by atoms with van der Waals surface area (Å²) in [5, 5.41) is 3.30. The van der Waals surface area contributed by atoms with Gasteiger partial charge in [-0.1, -0.05) is 57.0 Å². The number of carbonyl (C=O) groups is 1. The van der Waals surface area contributed by atoms with Gasteiger partial charge in [0.2, 0.25) is 5.91 Å². The molecule has 0 aliphatic carbocycles. The second kappa shape index (κ2) is 6.71. The summed E-state index contributed by atoms with van der Waals surface area (Å²) in [6.45, 7) is 6.05. The maximum atomic E-state index is 12.3. The first-order chi connectivity index (χ1) is 9.18. The fraction of sp³-hybridized carbons (Fsp3) is 0.562. The van der Waals surface area contributed by atoms with E-state index in [9.17, 15) is 4.79 Å². The first kappa shape index (κ1) is 14.1. The summed E-state index contributed by atoms with van der Waals surface area (Å²) in [6, 6.07) is 9.82. The minimum absolute atomic E-state index is 0.147. The first-order valence-electron chi connectivity index (χ1n) is 7.25. The Balaban J connectivity index is 1.81. The molecule has 0 radical (unpaired) electrons. The lowest BCUT2D eigenvalue weighted by molar-refractivity contribution is -0.129. The Kier molecular flexibility index (Phi) is 4.97. The predicted molar refractivity (Wildman–Crippen MR) is 77.6 cm³/mol. The molecule has 1 saturated heterocycles. The van der Waals surface area contributed by atoms with Gasteiger partial charge in [-0.3, -0.25) is 10.1 Å². The monoisotopic (exact) mass is 260 g/mol. The number of hydrogen-bond donors (Lipinski definition) is 1. The number of amides is 1. The number of nitrogens with zero attached hydrogens (tertiary/aromatic N) is 1. The van der Waals surface area contributed by atoms with Crippen LogP contribution in [-0.4, -0.2) is 24.0 Å². The van der Waals surface area contributed by atoms with Crippen LogP contribution in [-0.2, 0) is 4.79 Å². The van der Waals surface area contributed by atoms with Gasteiger partial charge in [-0.05, 0) is 17.9 Å². The number of rotatable bonds is 6. The van der Waals surface area contributed by atoms with Crippen molar-refractivity contribution in [1.29, 1.82) is 0 Å². The van der Waals surface area contributed by atoms with Gasteiger partial charge in [-0.2, -0.15) is 0 Å². The molecular formula is C16H24N2O. The molecule has 3 heteroatoms. The van der Waals surface area contributed by atoms with Crippen LogP contribution >= 0.6 is 0 Å². The van der Waals surface area contributed by atoms with Crippen molar-refractivity contribution in [3.63, 3.8) is 0 Å². The van der Waals surface area contributed by atoms with Gasteiger partial charge >= 0.3 is 0 Å². The summed E-state index contributed by atoms with van der Waals surface area (Å²) in [6.07, 6.45) is 3.56. The molecule has 1 aromatic carbocycles. The number of carbonyl (C=O) groups excluding carboxylic acids is 1. The van der Waals surface area contributed by atoms with Crippen molar-refractivity contribution in [2.75, 3.05) is 13.2 Å². The minimum atomic E-state index is -0.147. The van der Waals surface area contributed by atoms with Crippen LogP contribution in [0.4, 0.5) is 0 Å². The zero-order valence-electron chi connectivity index (χ0n) is 11.9. The van der Waals surface area contributed by atoms with Crippen LogP contribution in [0.25, 0.3) is 0 Å². The Hall–Kier alpha value is -1.35. The van der Waals surface area contributed by atoms with Crippen molar-refractivity contribution in [2.24, 2.45) is 5.92 Å². The fourth-order valence-electron chi connectivity index (χ4n) is 2.50. The second-order valence-corrected chi connectivity index (χ2v) is 5.70. The molecule has 1 aromatic rings. The molecule has 1 aliphatic heterocycles. The third-order valence-corrected chi connectivity index (χ3v) is 3.64. The van der Waals surface area contributed by atoms with Gasteiger partial charge < -0.3 is 4.90 Å². The molecule has 2 rings (SSSR count). The molecule has 0 aromatic heterocycles. The average Bonchev–Trinajstić information content (AvgIpc) is 2.77. The van der Waals surface area contributed by atoms with E-state index in [0.29, 0.717) is 6.67 Å². The number of unbranched alkanes of at least 4 members (excludes halogenated alkanes) is 1. The molecule has 1 atom stereocenters. The molecule has 1 unspecified atom stereocenters. The highest BCUT2D eigenvalue weighted by Crippen LogP contribution is 2.20. The maximum absolute atomic E-state index is 12.3. The van der Waals surface area contributed by atoms with Crippen LogP contribution in [0.2, 0.25) is 0 Å². The zero-order valence-corrected chi connectivity index (χ0v) is 11.9. The van der Waals surface area contributed by atoms with Gasteiger partial charge in [0.25, 0.3) is 0 Å². The van der Waals surface area contributed by atoms with E-state index < -0.39 is 0 Å². The van der Waals surface area contributed by atoms with Gasteiger partial charge in [0.05, 0.1) is 6.67 Å². The molecule has 0 spiro atoms. The van der Waals surface area contributed by atoms with Crippen molar-refractivity contribution in [2.45, 2.75) is 39.2 Å². The summed E-state index contributed by atoms with van der Waals surface area (Å²) in [7, 11) is 0. The molecule has 1 fully saturated rings. The fourth-order valence-corrected chi connectivity index (χ4v) is 2.50. The van der Waals surface area contributed by atoms with Crippen molar-refractivity contribution in [3.8, 4) is 0 Å². The smallest absolute Gasteiger partial charge is 0.245 e. The van der Waals surface area contributed by atoms with Crippen LogP contribution in [0.1, 0.15) is 44.7 Å². The predicted octanol–water partition coefficient (Wildman–Crippen LogP) is 2.94. The van der Waals surface area contributed by atoms with Gasteiger partial charge in [0.15, 0.2) is 0 Å². The normalized spacial score (nSPS) is 19.4. The zero-order chi connectivity index (χ0) is 13.7. The molecule has 1 aliphatic rings. The molecular weight excluding hydrogens is 236 g/mol. The Morgan fingerprint density at radius 2 is 2.00 bits per heavy atom. The van der Waals surface area contributed by atoms with E-state index in [1.807, 2.05) is 35.2 Å². The summed E-state index contributed by atoms with van der Waals surface area (Å²) < 4.78 is 0. The SMILES string of the molecule is CC(C)CCCCN1CNC(c2ccccc2)C1=O. The van der Waals surface area contributed by atoms with E-state index in [-0.39, 0.29) is 11.9 Å². The highest BCUT2D eigenvalue weighted by atomic mass is 16.2. The molecule has 1 heterocycles. The molecule has 1 N–H and O–H groups in total. The lowest BCUT2D eigenvalue weighted by atomic mass is 10.1. The summed E-state index contributed by atoms with van der Waals surface area (Å²) in [5.41, 5.74) is 1.07. The van der Waals surface area contributed by atoms with E-state index in [0.717, 1.165) is 24.4 Å². The summed E-state index contributed by atoms with van der Waals surface area (Å²) in [5.74, 6) is 0.972. The Labute approximate surface area is 116 Å². The molecule has 19 heavy (non-hydrogen) atoms. The number of hydrogen-bond acceptors (Lipinski definition) is 2. The Morgan fingerprint density at radius 3 is 2.68 bits per heavy atom. The minimum Gasteiger partial charge on any atom is -0.328 e. The van der Waals surface area contributed by atoms with Gasteiger partial charge in [0.1, 0.15) is 6.04 Å². The highest BCUT2D eigenvalue weighted by molar-refractivity contribution is 5.85. The average molecular weight is 260 g/mol.